The molecule has 0 bridgehead atoms. The van der Waals surface area contributed by atoms with Crippen LogP contribution in [0.4, 0.5) is 0 Å². The van der Waals surface area contributed by atoms with Crippen molar-refractivity contribution in [1.82, 2.24) is 10.6 Å². The first-order chi connectivity index (χ1) is 11.0. The smallest absolute Gasteiger partial charge is 0.251 e. The summed E-state index contributed by atoms with van der Waals surface area (Å²) in [4.78, 5) is 24.2. The minimum atomic E-state index is -0.606. The first-order valence-electron chi connectivity index (χ1n) is 7.69. The van der Waals surface area contributed by atoms with E-state index in [1.165, 1.54) is 0 Å². The fourth-order valence-corrected chi connectivity index (χ4v) is 2.25. The maximum absolute atomic E-state index is 12.4. The van der Waals surface area contributed by atoms with Crippen molar-refractivity contribution >= 4 is 11.8 Å². The highest BCUT2D eigenvalue weighted by molar-refractivity contribution is 5.94. The summed E-state index contributed by atoms with van der Waals surface area (Å²) in [7, 11) is 0. The average Bonchev–Trinajstić information content (AvgIpc) is 2.59. The second-order valence-electron chi connectivity index (χ2n) is 5.87. The van der Waals surface area contributed by atoms with Gasteiger partial charge < -0.3 is 10.6 Å². The second kappa shape index (κ2) is 7.58. The van der Waals surface area contributed by atoms with Crippen LogP contribution in [0, 0.1) is 0 Å². The minimum absolute atomic E-state index is 0.0577. The van der Waals surface area contributed by atoms with Gasteiger partial charge in [-0.15, -0.1) is 0 Å². The van der Waals surface area contributed by atoms with Crippen LogP contribution in [0.2, 0.25) is 0 Å². The maximum Gasteiger partial charge on any atom is 0.251 e. The van der Waals surface area contributed by atoms with Gasteiger partial charge in [-0.25, -0.2) is 0 Å². The quantitative estimate of drug-likeness (QED) is 0.806. The highest BCUT2D eigenvalue weighted by Crippen LogP contribution is 2.22. The van der Waals surface area contributed by atoms with Crippen LogP contribution in [-0.2, 0) is 10.2 Å². The Balaban J connectivity index is 1.80. The topological polar surface area (TPSA) is 58.2 Å². The zero-order valence-electron chi connectivity index (χ0n) is 13.5. The van der Waals surface area contributed by atoms with Crippen molar-refractivity contribution < 1.29 is 9.59 Å². The number of rotatable bonds is 6. The number of hydrogen-bond donors (Lipinski definition) is 2. The first kappa shape index (κ1) is 16.7. The van der Waals surface area contributed by atoms with Crippen LogP contribution in [-0.4, -0.2) is 24.9 Å². The molecule has 2 aromatic carbocycles. The van der Waals surface area contributed by atoms with E-state index in [2.05, 4.69) is 10.6 Å². The summed E-state index contributed by atoms with van der Waals surface area (Å²) in [6.07, 6.45) is 0. The molecule has 2 amide bonds. The summed E-state index contributed by atoms with van der Waals surface area (Å²) in [5, 5.41) is 5.67. The molecule has 0 atom stereocenters. The average molecular weight is 310 g/mol. The Morgan fingerprint density at radius 2 is 1.35 bits per heavy atom. The van der Waals surface area contributed by atoms with Crippen LogP contribution < -0.4 is 10.6 Å². The predicted octanol–water partition coefficient (Wildman–Crippen LogP) is 2.51. The van der Waals surface area contributed by atoms with Gasteiger partial charge in [-0.05, 0) is 31.5 Å². The maximum atomic E-state index is 12.4. The van der Waals surface area contributed by atoms with Crippen molar-refractivity contribution in [2.75, 3.05) is 13.1 Å². The van der Waals surface area contributed by atoms with Gasteiger partial charge in [0.25, 0.3) is 5.91 Å². The Bertz CT molecular complexity index is 652. The van der Waals surface area contributed by atoms with Gasteiger partial charge in [0, 0.05) is 18.7 Å². The molecule has 23 heavy (non-hydrogen) atoms. The molecule has 0 saturated heterocycles. The van der Waals surface area contributed by atoms with E-state index in [4.69, 9.17) is 0 Å². The van der Waals surface area contributed by atoms with E-state index in [1.807, 2.05) is 62.4 Å². The van der Waals surface area contributed by atoms with Crippen molar-refractivity contribution in [3.63, 3.8) is 0 Å². The molecule has 4 nitrogen and oxygen atoms in total. The molecule has 2 aromatic rings. The number of benzene rings is 2. The number of carbonyl (C=O) groups is 2. The molecule has 2 N–H and O–H groups in total. The minimum Gasteiger partial charge on any atom is -0.354 e. The Hall–Kier alpha value is -2.62. The van der Waals surface area contributed by atoms with Crippen LogP contribution in [0.3, 0.4) is 0 Å². The van der Waals surface area contributed by atoms with E-state index in [-0.39, 0.29) is 11.8 Å². The van der Waals surface area contributed by atoms with Gasteiger partial charge in [-0.1, -0.05) is 48.5 Å². The van der Waals surface area contributed by atoms with E-state index in [0.717, 1.165) is 5.56 Å². The zero-order valence-corrected chi connectivity index (χ0v) is 13.5. The molecule has 0 aliphatic heterocycles. The molecular formula is C19H22N2O2. The van der Waals surface area contributed by atoms with Gasteiger partial charge >= 0.3 is 0 Å². The van der Waals surface area contributed by atoms with Crippen molar-refractivity contribution in [1.29, 1.82) is 0 Å². The van der Waals surface area contributed by atoms with Crippen molar-refractivity contribution in [2.24, 2.45) is 0 Å². The number of amides is 2. The molecule has 0 aliphatic rings. The molecule has 120 valence electrons. The lowest BCUT2D eigenvalue weighted by atomic mass is 9.84. The Morgan fingerprint density at radius 3 is 1.96 bits per heavy atom. The van der Waals surface area contributed by atoms with Gasteiger partial charge in [-0.2, -0.15) is 0 Å². The zero-order chi connectivity index (χ0) is 16.7. The lowest BCUT2D eigenvalue weighted by Gasteiger charge is -2.24. The number of hydrogen-bond acceptors (Lipinski definition) is 2. The van der Waals surface area contributed by atoms with E-state index in [0.29, 0.717) is 18.7 Å². The number of carbonyl (C=O) groups excluding carboxylic acids is 2. The molecule has 2 rings (SSSR count). The van der Waals surface area contributed by atoms with E-state index in [9.17, 15) is 9.59 Å². The standard InChI is InChI=1S/C19H22N2O2/c1-19(2,16-11-7-4-8-12-16)18(23)21-14-13-20-17(22)15-9-5-3-6-10-15/h3-12H,13-14H2,1-2H3,(H,20,22)(H,21,23). The Kier molecular flexibility index (Phi) is 5.52. The second-order valence-corrected chi connectivity index (χ2v) is 5.87. The van der Waals surface area contributed by atoms with Crippen LogP contribution in [0.25, 0.3) is 0 Å². The third kappa shape index (κ3) is 4.42. The van der Waals surface area contributed by atoms with Gasteiger partial charge in [0.1, 0.15) is 0 Å². The van der Waals surface area contributed by atoms with Crippen molar-refractivity contribution in [3.8, 4) is 0 Å². The fourth-order valence-electron chi connectivity index (χ4n) is 2.25. The molecular weight excluding hydrogens is 288 g/mol. The summed E-state index contributed by atoms with van der Waals surface area (Å²) in [5.74, 6) is -0.195. The van der Waals surface area contributed by atoms with Crippen molar-refractivity contribution in [3.05, 3.63) is 71.8 Å². The highest BCUT2D eigenvalue weighted by atomic mass is 16.2. The Morgan fingerprint density at radius 1 is 0.826 bits per heavy atom. The Labute approximate surface area is 136 Å². The van der Waals surface area contributed by atoms with Gasteiger partial charge in [-0.3, -0.25) is 9.59 Å². The van der Waals surface area contributed by atoms with Gasteiger partial charge in [0.05, 0.1) is 5.41 Å². The predicted molar refractivity (Wildman–Crippen MR) is 91.3 cm³/mol. The normalized spacial score (nSPS) is 10.9. The van der Waals surface area contributed by atoms with E-state index in [1.54, 1.807) is 12.1 Å². The molecule has 0 radical (unpaired) electrons. The molecule has 4 heteroatoms. The lowest BCUT2D eigenvalue weighted by molar-refractivity contribution is -0.125. The van der Waals surface area contributed by atoms with E-state index < -0.39 is 5.41 Å². The SMILES string of the molecule is CC(C)(C(=O)NCCNC(=O)c1ccccc1)c1ccccc1. The summed E-state index contributed by atoms with van der Waals surface area (Å²) in [5.41, 5.74) is 0.972. The summed E-state index contributed by atoms with van der Waals surface area (Å²) >= 11 is 0. The third-order valence-electron chi connectivity index (χ3n) is 3.80. The summed E-state index contributed by atoms with van der Waals surface area (Å²) in [6, 6.07) is 18.7. The highest BCUT2D eigenvalue weighted by Gasteiger charge is 2.28. The molecule has 0 saturated carbocycles. The van der Waals surface area contributed by atoms with Gasteiger partial charge in [0.15, 0.2) is 0 Å². The van der Waals surface area contributed by atoms with Crippen LogP contribution in [0.1, 0.15) is 29.8 Å². The molecule has 0 aliphatic carbocycles. The summed E-state index contributed by atoms with van der Waals surface area (Å²) < 4.78 is 0. The number of nitrogens with one attached hydrogen (secondary N) is 2. The van der Waals surface area contributed by atoms with Crippen LogP contribution in [0.5, 0.6) is 0 Å². The molecule has 0 aromatic heterocycles. The third-order valence-corrected chi connectivity index (χ3v) is 3.80. The first-order valence-corrected chi connectivity index (χ1v) is 7.69. The molecule has 0 fully saturated rings. The molecule has 0 unspecified atom stereocenters. The van der Waals surface area contributed by atoms with Crippen molar-refractivity contribution in [2.45, 2.75) is 19.3 Å². The largest absolute Gasteiger partial charge is 0.354 e. The summed E-state index contributed by atoms with van der Waals surface area (Å²) in [6.45, 7) is 4.57. The molecule has 0 spiro atoms. The lowest BCUT2D eigenvalue weighted by Crippen LogP contribution is -2.43. The van der Waals surface area contributed by atoms with Gasteiger partial charge in [0.2, 0.25) is 5.91 Å². The van der Waals surface area contributed by atoms with E-state index >= 15 is 0 Å². The molecule has 0 heterocycles. The fraction of sp³-hybridized carbons (Fsp3) is 0.263. The van der Waals surface area contributed by atoms with Crippen LogP contribution >= 0.6 is 0 Å². The monoisotopic (exact) mass is 310 g/mol. The van der Waals surface area contributed by atoms with Crippen LogP contribution in [0.15, 0.2) is 60.7 Å².